The Morgan fingerprint density at radius 1 is 1.24 bits per heavy atom. The molecule has 2 aromatic rings. The van der Waals surface area contributed by atoms with Crippen LogP contribution in [0.5, 0.6) is 0 Å². The van der Waals surface area contributed by atoms with Crippen molar-refractivity contribution in [3.63, 3.8) is 0 Å². The summed E-state index contributed by atoms with van der Waals surface area (Å²) >= 11 is 0. The maximum atomic E-state index is 4.97. The number of nitrogens with one attached hydrogen (secondary N) is 1. The molecule has 3 nitrogen and oxygen atoms in total. The van der Waals surface area contributed by atoms with Gasteiger partial charge in [-0.1, -0.05) is 37.1 Å². The van der Waals surface area contributed by atoms with Crippen molar-refractivity contribution in [3.8, 4) is 0 Å². The summed E-state index contributed by atoms with van der Waals surface area (Å²) in [7, 11) is 1.98. The molecule has 21 heavy (non-hydrogen) atoms. The van der Waals surface area contributed by atoms with Crippen molar-refractivity contribution < 1.29 is 0 Å². The van der Waals surface area contributed by atoms with Crippen LogP contribution in [0.2, 0.25) is 0 Å². The Morgan fingerprint density at radius 3 is 2.71 bits per heavy atom. The van der Waals surface area contributed by atoms with Crippen molar-refractivity contribution in [2.45, 2.75) is 45.2 Å². The smallest absolute Gasteiger partial charge is 0.137 e. The first-order valence-corrected chi connectivity index (χ1v) is 8.13. The van der Waals surface area contributed by atoms with Crippen molar-refractivity contribution in [2.24, 2.45) is 0 Å². The number of pyridine rings is 1. The van der Waals surface area contributed by atoms with E-state index in [2.05, 4.69) is 47.5 Å². The third kappa shape index (κ3) is 2.88. The number of anilines is 1. The first kappa shape index (κ1) is 14.3. The van der Waals surface area contributed by atoms with E-state index in [1.807, 2.05) is 7.05 Å². The Hall–Kier alpha value is -1.61. The quantitative estimate of drug-likeness (QED) is 0.906. The van der Waals surface area contributed by atoms with E-state index in [0.717, 1.165) is 18.8 Å². The minimum absolute atomic E-state index is 0.663. The second kappa shape index (κ2) is 6.44. The SMILES string of the molecule is CCN(c1nc(CNC)cc2ccccc12)C1CCCC1. The lowest BCUT2D eigenvalue weighted by atomic mass is 10.1. The summed E-state index contributed by atoms with van der Waals surface area (Å²) in [6, 6.07) is 11.5. The number of benzene rings is 1. The van der Waals surface area contributed by atoms with E-state index < -0.39 is 0 Å². The van der Waals surface area contributed by atoms with Crippen LogP contribution in [0.3, 0.4) is 0 Å². The van der Waals surface area contributed by atoms with Crippen LogP contribution in [0.25, 0.3) is 10.8 Å². The van der Waals surface area contributed by atoms with E-state index in [1.54, 1.807) is 0 Å². The lowest BCUT2D eigenvalue weighted by molar-refractivity contribution is 0.613. The van der Waals surface area contributed by atoms with Crippen LogP contribution in [-0.2, 0) is 6.54 Å². The van der Waals surface area contributed by atoms with E-state index in [1.165, 1.54) is 42.3 Å². The molecular formula is C18H25N3. The van der Waals surface area contributed by atoms with Crippen molar-refractivity contribution >= 4 is 16.6 Å². The van der Waals surface area contributed by atoms with Crippen molar-refractivity contribution in [1.82, 2.24) is 10.3 Å². The number of rotatable bonds is 5. The van der Waals surface area contributed by atoms with E-state index in [-0.39, 0.29) is 0 Å². The number of nitrogens with zero attached hydrogens (tertiary/aromatic N) is 2. The molecule has 0 amide bonds. The molecule has 0 saturated heterocycles. The van der Waals surface area contributed by atoms with Crippen molar-refractivity contribution in [2.75, 3.05) is 18.5 Å². The first-order valence-electron chi connectivity index (χ1n) is 8.13. The van der Waals surface area contributed by atoms with Gasteiger partial charge < -0.3 is 10.2 Å². The van der Waals surface area contributed by atoms with E-state index in [9.17, 15) is 0 Å². The molecule has 112 valence electrons. The Morgan fingerprint density at radius 2 is 2.00 bits per heavy atom. The Balaban J connectivity index is 2.09. The molecule has 1 fully saturated rings. The third-order valence-corrected chi connectivity index (χ3v) is 4.51. The molecule has 1 aliphatic rings. The molecule has 0 bridgehead atoms. The zero-order valence-electron chi connectivity index (χ0n) is 13.1. The second-order valence-corrected chi connectivity index (χ2v) is 5.91. The van der Waals surface area contributed by atoms with Crippen molar-refractivity contribution in [1.29, 1.82) is 0 Å². The lowest BCUT2D eigenvalue weighted by Gasteiger charge is -2.30. The molecule has 1 aromatic carbocycles. The fourth-order valence-electron chi connectivity index (χ4n) is 3.52. The summed E-state index contributed by atoms with van der Waals surface area (Å²) < 4.78 is 0. The minimum atomic E-state index is 0.663. The average Bonchev–Trinajstić information content (AvgIpc) is 3.02. The van der Waals surface area contributed by atoms with Gasteiger partial charge in [0.2, 0.25) is 0 Å². The molecule has 3 rings (SSSR count). The molecule has 0 spiro atoms. The van der Waals surface area contributed by atoms with Gasteiger partial charge >= 0.3 is 0 Å². The van der Waals surface area contributed by atoms with E-state index >= 15 is 0 Å². The number of fused-ring (bicyclic) bond motifs is 1. The molecule has 3 heteroatoms. The van der Waals surface area contributed by atoms with Crippen LogP contribution in [0.1, 0.15) is 38.3 Å². The highest BCUT2D eigenvalue weighted by molar-refractivity contribution is 5.92. The van der Waals surface area contributed by atoms with Crippen LogP contribution < -0.4 is 10.2 Å². The number of aromatic nitrogens is 1. The van der Waals surface area contributed by atoms with Gasteiger partial charge in [0.25, 0.3) is 0 Å². The minimum Gasteiger partial charge on any atom is -0.353 e. The molecule has 0 atom stereocenters. The number of hydrogen-bond donors (Lipinski definition) is 1. The molecule has 0 radical (unpaired) electrons. The van der Waals surface area contributed by atoms with Gasteiger partial charge in [0, 0.05) is 24.5 Å². The third-order valence-electron chi connectivity index (χ3n) is 4.51. The van der Waals surface area contributed by atoms with Crippen LogP contribution in [0.4, 0.5) is 5.82 Å². The van der Waals surface area contributed by atoms with Gasteiger partial charge in [0.1, 0.15) is 5.82 Å². The topological polar surface area (TPSA) is 28.2 Å². The first-order chi connectivity index (χ1) is 10.3. The molecule has 0 aliphatic heterocycles. The summed E-state index contributed by atoms with van der Waals surface area (Å²) in [6.45, 7) is 4.10. The molecule has 1 saturated carbocycles. The van der Waals surface area contributed by atoms with Gasteiger partial charge in [-0.05, 0) is 38.3 Å². The predicted molar refractivity (Wildman–Crippen MR) is 89.8 cm³/mol. The zero-order valence-corrected chi connectivity index (χ0v) is 13.1. The van der Waals surface area contributed by atoms with E-state index in [0.29, 0.717) is 6.04 Å². The Labute approximate surface area is 127 Å². The Bertz CT molecular complexity index is 602. The molecule has 0 unspecified atom stereocenters. The molecule has 1 N–H and O–H groups in total. The molecule has 1 heterocycles. The van der Waals surface area contributed by atoms with Gasteiger partial charge in [-0.3, -0.25) is 0 Å². The normalized spacial score (nSPS) is 15.7. The highest BCUT2D eigenvalue weighted by Crippen LogP contribution is 2.32. The Kier molecular flexibility index (Phi) is 4.39. The summed E-state index contributed by atoms with van der Waals surface area (Å²) in [5.74, 6) is 1.17. The molecule has 1 aromatic heterocycles. The summed E-state index contributed by atoms with van der Waals surface area (Å²) in [6.07, 6.45) is 5.32. The number of hydrogen-bond acceptors (Lipinski definition) is 3. The maximum absolute atomic E-state index is 4.97. The van der Waals surface area contributed by atoms with Crippen LogP contribution in [0.15, 0.2) is 30.3 Å². The lowest BCUT2D eigenvalue weighted by Crippen LogP contribution is -2.34. The summed E-state index contributed by atoms with van der Waals surface area (Å²) in [4.78, 5) is 7.49. The maximum Gasteiger partial charge on any atom is 0.137 e. The summed E-state index contributed by atoms with van der Waals surface area (Å²) in [5.41, 5.74) is 1.13. The highest BCUT2D eigenvalue weighted by Gasteiger charge is 2.24. The molecular weight excluding hydrogens is 258 g/mol. The monoisotopic (exact) mass is 283 g/mol. The van der Waals surface area contributed by atoms with Crippen LogP contribution in [0, 0.1) is 0 Å². The van der Waals surface area contributed by atoms with Gasteiger partial charge in [0.05, 0.1) is 5.69 Å². The van der Waals surface area contributed by atoms with Gasteiger partial charge in [-0.15, -0.1) is 0 Å². The van der Waals surface area contributed by atoms with E-state index in [4.69, 9.17) is 4.98 Å². The summed E-state index contributed by atoms with van der Waals surface area (Å²) in [5, 5.41) is 5.80. The standard InChI is InChI=1S/C18H25N3/c1-3-21(16-9-5-6-10-16)18-17-11-7-4-8-14(17)12-15(20-18)13-19-2/h4,7-8,11-12,16,19H,3,5-6,9-10,13H2,1-2H3. The van der Waals surface area contributed by atoms with Gasteiger partial charge in [-0.25, -0.2) is 4.98 Å². The van der Waals surface area contributed by atoms with Crippen molar-refractivity contribution in [3.05, 3.63) is 36.0 Å². The second-order valence-electron chi connectivity index (χ2n) is 5.91. The van der Waals surface area contributed by atoms with Gasteiger partial charge in [0.15, 0.2) is 0 Å². The fourth-order valence-corrected chi connectivity index (χ4v) is 3.52. The zero-order chi connectivity index (χ0) is 14.7. The van der Waals surface area contributed by atoms with Crippen LogP contribution >= 0.6 is 0 Å². The fraction of sp³-hybridized carbons (Fsp3) is 0.500. The van der Waals surface area contributed by atoms with Crippen LogP contribution in [-0.4, -0.2) is 24.6 Å². The predicted octanol–water partition coefficient (Wildman–Crippen LogP) is 3.72. The largest absolute Gasteiger partial charge is 0.353 e. The molecule has 1 aliphatic carbocycles. The average molecular weight is 283 g/mol. The van der Waals surface area contributed by atoms with Gasteiger partial charge in [-0.2, -0.15) is 0 Å². The highest BCUT2D eigenvalue weighted by atomic mass is 15.2.